The van der Waals surface area contributed by atoms with Crippen molar-refractivity contribution in [3.8, 4) is 11.4 Å². The summed E-state index contributed by atoms with van der Waals surface area (Å²) in [6.07, 6.45) is 0. The molecule has 0 bridgehead atoms. The molecule has 1 aromatic heterocycles. The fraction of sp³-hybridized carbons (Fsp3) is 0.0714. The van der Waals surface area contributed by atoms with Gasteiger partial charge in [-0.3, -0.25) is 0 Å². The van der Waals surface area contributed by atoms with Crippen LogP contribution in [0.3, 0.4) is 0 Å². The summed E-state index contributed by atoms with van der Waals surface area (Å²) in [5.74, 6) is 0.544. The van der Waals surface area contributed by atoms with Gasteiger partial charge in [0, 0.05) is 10.6 Å². The van der Waals surface area contributed by atoms with Crippen molar-refractivity contribution in [2.24, 2.45) is 0 Å². The summed E-state index contributed by atoms with van der Waals surface area (Å²) in [6, 6.07) is 12.9. The molecule has 0 atom stereocenters. The van der Waals surface area contributed by atoms with Crippen molar-refractivity contribution >= 4 is 34.8 Å². The van der Waals surface area contributed by atoms with E-state index in [2.05, 4.69) is 15.5 Å². The van der Waals surface area contributed by atoms with Crippen LogP contribution in [0.4, 0.5) is 0 Å². The number of aromatic nitrogens is 4. The molecule has 0 fully saturated rings. The zero-order valence-corrected chi connectivity index (χ0v) is 12.9. The molecule has 3 aromatic rings. The van der Waals surface area contributed by atoms with Crippen LogP contribution < -0.4 is 0 Å². The lowest BCUT2D eigenvalue weighted by Gasteiger charge is -2.08. The van der Waals surface area contributed by atoms with Crippen molar-refractivity contribution in [3.05, 3.63) is 63.1 Å². The summed E-state index contributed by atoms with van der Waals surface area (Å²) < 4.78 is 1.64. The summed E-state index contributed by atoms with van der Waals surface area (Å²) >= 11 is 18.4. The molecule has 0 aliphatic carbocycles. The summed E-state index contributed by atoms with van der Waals surface area (Å²) in [7, 11) is 0. The lowest BCUT2D eigenvalue weighted by Crippen LogP contribution is -2.05. The second kappa shape index (κ2) is 6.02. The minimum Gasteiger partial charge on any atom is -0.221 e. The van der Waals surface area contributed by atoms with Crippen LogP contribution in [-0.2, 0) is 6.54 Å². The lowest BCUT2D eigenvalue weighted by molar-refractivity contribution is 0.653. The van der Waals surface area contributed by atoms with Crippen molar-refractivity contribution in [3.63, 3.8) is 0 Å². The fourth-order valence-corrected chi connectivity index (χ4v) is 2.55. The molecule has 0 amide bonds. The molecule has 1 heterocycles. The molecular formula is C14H9Cl3N4. The number of hydrogen-bond acceptors (Lipinski definition) is 3. The van der Waals surface area contributed by atoms with Gasteiger partial charge >= 0.3 is 0 Å². The molecule has 7 heteroatoms. The van der Waals surface area contributed by atoms with E-state index in [1.807, 2.05) is 30.3 Å². The maximum atomic E-state index is 6.22. The summed E-state index contributed by atoms with van der Waals surface area (Å²) in [5.41, 5.74) is 1.60. The number of benzene rings is 2. The van der Waals surface area contributed by atoms with Crippen molar-refractivity contribution in [1.82, 2.24) is 20.2 Å². The SMILES string of the molecule is Clc1ccccc1Cn1nnnc1-c1cccc(Cl)c1Cl. The van der Waals surface area contributed by atoms with Gasteiger partial charge in [-0.15, -0.1) is 5.10 Å². The molecule has 0 saturated heterocycles. The number of halogens is 3. The standard InChI is InChI=1S/C14H9Cl3N4/c15-11-6-2-1-4-9(11)8-21-14(18-19-20-21)10-5-3-7-12(16)13(10)17/h1-7H,8H2. The van der Waals surface area contributed by atoms with E-state index in [1.165, 1.54) is 0 Å². The Balaban J connectivity index is 2.02. The highest BCUT2D eigenvalue weighted by molar-refractivity contribution is 6.43. The minimum atomic E-state index is 0.425. The van der Waals surface area contributed by atoms with Gasteiger partial charge in [0.1, 0.15) is 0 Å². The number of hydrogen-bond donors (Lipinski definition) is 0. The number of tetrazole rings is 1. The van der Waals surface area contributed by atoms with Gasteiger partial charge in [-0.25, -0.2) is 4.68 Å². The van der Waals surface area contributed by atoms with Crippen molar-refractivity contribution in [2.45, 2.75) is 6.54 Å². The van der Waals surface area contributed by atoms with Gasteiger partial charge in [0.25, 0.3) is 0 Å². The highest BCUT2D eigenvalue weighted by Crippen LogP contribution is 2.32. The monoisotopic (exact) mass is 338 g/mol. The summed E-state index contributed by atoms with van der Waals surface area (Å²) in [4.78, 5) is 0. The Bertz CT molecular complexity index is 785. The quantitative estimate of drug-likeness (QED) is 0.712. The molecule has 2 aromatic carbocycles. The zero-order chi connectivity index (χ0) is 14.8. The Hall–Kier alpha value is -1.62. The van der Waals surface area contributed by atoms with Crippen molar-refractivity contribution < 1.29 is 0 Å². The highest BCUT2D eigenvalue weighted by Gasteiger charge is 2.15. The Morgan fingerprint density at radius 1 is 0.905 bits per heavy atom. The maximum absolute atomic E-state index is 6.22. The fourth-order valence-electron chi connectivity index (χ4n) is 1.97. The molecule has 0 radical (unpaired) electrons. The molecule has 0 saturated carbocycles. The van der Waals surface area contributed by atoms with E-state index in [4.69, 9.17) is 34.8 Å². The van der Waals surface area contributed by atoms with E-state index in [-0.39, 0.29) is 0 Å². The smallest absolute Gasteiger partial charge is 0.183 e. The first-order valence-electron chi connectivity index (χ1n) is 6.11. The largest absolute Gasteiger partial charge is 0.221 e. The predicted octanol–water partition coefficient (Wildman–Crippen LogP) is 4.35. The third-order valence-electron chi connectivity index (χ3n) is 3.00. The molecule has 3 rings (SSSR count). The summed E-state index contributed by atoms with van der Waals surface area (Å²) in [5, 5.41) is 13.3. The first-order chi connectivity index (χ1) is 10.2. The van der Waals surface area contributed by atoms with Gasteiger partial charge < -0.3 is 0 Å². The van der Waals surface area contributed by atoms with E-state index in [0.717, 1.165) is 5.56 Å². The van der Waals surface area contributed by atoms with Crippen LogP contribution in [-0.4, -0.2) is 20.2 Å². The Kier molecular flexibility index (Phi) is 4.10. The van der Waals surface area contributed by atoms with E-state index < -0.39 is 0 Å². The Labute approximate surface area is 136 Å². The topological polar surface area (TPSA) is 43.6 Å². The Morgan fingerprint density at radius 2 is 1.67 bits per heavy atom. The van der Waals surface area contributed by atoms with E-state index in [1.54, 1.807) is 16.8 Å². The molecule has 4 nitrogen and oxygen atoms in total. The molecule has 0 aliphatic heterocycles. The van der Waals surface area contributed by atoms with Crippen molar-refractivity contribution in [1.29, 1.82) is 0 Å². The third-order valence-corrected chi connectivity index (χ3v) is 4.19. The van der Waals surface area contributed by atoms with Crippen LogP contribution in [0.2, 0.25) is 15.1 Å². The molecular weight excluding hydrogens is 331 g/mol. The van der Waals surface area contributed by atoms with Crippen LogP contribution in [0.5, 0.6) is 0 Å². The normalized spacial score (nSPS) is 10.8. The first kappa shape index (κ1) is 14.3. The maximum Gasteiger partial charge on any atom is 0.183 e. The van der Waals surface area contributed by atoms with Crippen LogP contribution in [0, 0.1) is 0 Å². The third kappa shape index (κ3) is 2.88. The lowest BCUT2D eigenvalue weighted by atomic mass is 10.2. The van der Waals surface area contributed by atoms with Crippen LogP contribution in [0.25, 0.3) is 11.4 Å². The Morgan fingerprint density at radius 3 is 2.48 bits per heavy atom. The molecule has 0 spiro atoms. The minimum absolute atomic E-state index is 0.425. The number of rotatable bonds is 3. The predicted molar refractivity (Wildman–Crippen MR) is 83.8 cm³/mol. The molecule has 21 heavy (non-hydrogen) atoms. The van der Waals surface area contributed by atoms with Crippen LogP contribution in [0.15, 0.2) is 42.5 Å². The molecule has 106 valence electrons. The van der Waals surface area contributed by atoms with E-state index >= 15 is 0 Å². The first-order valence-corrected chi connectivity index (χ1v) is 7.24. The van der Waals surface area contributed by atoms with Crippen LogP contribution in [0.1, 0.15) is 5.56 Å². The zero-order valence-electron chi connectivity index (χ0n) is 10.7. The van der Waals surface area contributed by atoms with E-state index in [0.29, 0.717) is 33.0 Å². The molecule has 0 unspecified atom stereocenters. The molecule has 0 N–H and O–H groups in total. The average molecular weight is 340 g/mol. The van der Waals surface area contributed by atoms with Gasteiger partial charge in [-0.2, -0.15) is 0 Å². The summed E-state index contributed by atoms with van der Waals surface area (Å²) in [6.45, 7) is 0.449. The second-order valence-electron chi connectivity index (χ2n) is 4.35. The van der Waals surface area contributed by atoms with Crippen LogP contribution >= 0.6 is 34.8 Å². The van der Waals surface area contributed by atoms with Gasteiger partial charge in [0.05, 0.1) is 16.6 Å². The molecule has 0 aliphatic rings. The number of nitrogens with zero attached hydrogens (tertiary/aromatic N) is 4. The van der Waals surface area contributed by atoms with Gasteiger partial charge in [-0.05, 0) is 34.2 Å². The second-order valence-corrected chi connectivity index (χ2v) is 5.55. The highest BCUT2D eigenvalue weighted by atomic mass is 35.5. The van der Waals surface area contributed by atoms with Crippen molar-refractivity contribution in [2.75, 3.05) is 0 Å². The van der Waals surface area contributed by atoms with Gasteiger partial charge in [0.15, 0.2) is 5.82 Å². The van der Waals surface area contributed by atoms with E-state index in [9.17, 15) is 0 Å². The average Bonchev–Trinajstić information content (AvgIpc) is 2.92. The van der Waals surface area contributed by atoms with Gasteiger partial charge in [0.2, 0.25) is 0 Å². The van der Waals surface area contributed by atoms with Gasteiger partial charge in [-0.1, -0.05) is 59.1 Å².